The Bertz CT molecular complexity index is 642. The summed E-state index contributed by atoms with van der Waals surface area (Å²) in [5.41, 5.74) is 0.348. The summed E-state index contributed by atoms with van der Waals surface area (Å²) < 4.78 is 36.4. The van der Waals surface area contributed by atoms with E-state index >= 15 is 0 Å². The molecular formula is C14H9BrF2O3. The number of methoxy groups -OCH3 is 1. The maximum absolute atomic E-state index is 13.7. The molecule has 0 radical (unpaired) electrons. The first-order valence-electron chi connectivity index (χ1n) is 5.52. The summed E-state index contributed by atoms with van der Waals surface area (Å²) in [6.45, 7) is 0. The Morgan fingerprint density at radius 3 is 2.35 bits per heavy atom. The van der Waals surface area contributed by atoms with E-state index in [2.05, 4.69) is 20.7 Å². The SMILES string of the molecule is COC(=O)c1ccc(Oc2ccc(F)c(Br)c2F)cc1. The van der Waals surface area contributed by atoms with Crippen molar-refractivity contribution in [2.45, 2.75) is 0 Å². The van der Waals surface area contributed by atoms with Crippen molar-refractivity contribution in [3.05, 3.63) is 58.1 Å². The Hall–Kier alpha value is -1.95. The summed E-state index contributed by atoms with van der Waals surface area (Å²) in [7, 11) is 1.28. The lowest BCUT2D eigenvalue weighted by Crippen LogP contribution is -2.00. The van der Waals surface area contributed by atoms with Crippen LogP contribution in [0, 0.1) is 11.6 Å². The molecule has 0 aliphatic heterocycles. The first kappa shape index (κ1) is 14.5. The van der Waals surface area contributed by atoms with Gasteiger partial charge < -0.3 is 9.47 Å². The summed E-state index contributed by atoms with van der Waals surface area (Å²) in [4.78, 5) is 11.2. The van der Waals surface area contributed by atoms with Gasteiger partial charge in [-0.3, -0.25) is 0 Å². The summed E-state index contributed by atoms with van der Waals surface area (Å²) >= 11 is 2.79. The van der Waals surface area contributed by atoms with Crippen LogP contribution in [-0.4, -0.2) is 13.1 Å². The zero-order chi connectivity index (χ0) is 14.7. The van der Waals surface area contributed by atoms with E-state index in [0.29, 0.717) is 11.3 Å². The zero-order valence-electron chi connectivity index (χ0n) is 10.3. The lowest BCUT2D eigenvalue weighted by atomic mass is 10.2. The molecule has 2 aromatic rings. The molecule has 0 saturated carbocycles. The van der Waals surface area contributed by atoms with Gasteiger partial charge in [-0.05, 0) is 52.3 Å². The zero-order valence-corrected chi connectivity index (χ0v) is 11.9. The Morgan fingerprint density at radius 1 is 1.10 bits per heavy atom. The van der Waals surface area contributed by atoms with E-state index in [1.54, 1.807) is 0 Å². The van der Waals surface area contributed by atoms with E-state index < -0.39 is 17.6 Å². The van der Waals surface area contributed by atoms with Gasteiger partial charge in [0.05, 0.1) is 17.1 Å². The van der Waals surface area contributed by atoms with E-state index in [9.17, 15) is 13.6 Å². The molecule has 0 spiro atoms. The molecule has 0 heterocycles. The third-order valence-corrected chi connectivity index (χ3v) is 3.23. The van der Waals surface area contributed by atoms with Gasteiger partial charge in [-0.1, -0.05) is 0 Å². The van der Waals surface area contributed by atoms with Gasteiger partial charge in [-0.25, -0.2) is 13.6 Å². The molecule has 0 aliphatic rings. The molecule has 6 heteroatoms. The van der Waals surface area contributed by atoms with Crippen LogP contribution in [0.15, 0.2) is 40.9 Å². The number of esters is 1. The molecule has 20 heavy (non-hydrogen) atoms. The smallest absolute Gasteiger partial charge is 0.337 e. The molecule has 3 nitrogen and oxygen atoms in total. The minimum atomic E-state index is -0.831. The quantitative estimate of drug-likeness (QED) is 0.616. The van der Waals surface area contributed by atoms with Crippen molar-refractivity contribution >= 4 is 21.9 Å². The minimum absolute atomic E-state index is 0.121. The van der Waals surface area contributed by atoms with Crippen LogP contribution >= 0.6 is 15.9 Å². The molecule has 2 rings (SSSR count). The number of rotatable bonds is 3. The fourth-order valence-electron chi connectivity index (χ4n) is 1.49. The number of carbonyl (C=O) groups is 1. The van der Waals surface area contributed by atoms with Gasteiger partial charge in [0.1, 0.15) is 11.6 Å². The van der Waals surface area contributed by atoms with Crippen molar-refractivity contribution in [1.29, 1.82) is 0 Å². The van der Waals surface area contributed by atoms with Crippen molar-refractivity contribution in [2.75, 3.05) is 7.11 Å². The molecular weight excluding hydrogens is 334 g/mol. The maximum atomic E-state index is 13.7. The molecule has 2 aromatic carbocycles. The predicted molar refractivity (Wildman–Crippen MR) is 71.9 cm³/mol. The highest BCUT2D eigenvalue weighted by atomic mass is 79.9. The molecule has 0 amide bonds. The van der Waals surface area contributed by atoms with Gasteiger partial charge in [0.2, 0.25) is 0 Å². The standard InChI is InChI=1S/C14H9BrF2O3/c1-19-14(18)8-2-4-9(5-3-8)20-11-7-6-10(16)12(15)13(11)17/h2-7H,1H3. The van der Waals surface area contributed by atoms with Gasteiger partial charge in [0.15, 0.2) is 11.6 Å². The summed E-state index contributed by atoms with van der Waals surface area (Å²) in [5.74, 6) is -1.83. The molecule has 0 saturated heterocycles. The highest BCUT2D eigenvalue weighted by Crippen LogP contribution is 2.31. The molecule has 0 bridgehead atoms. The third-order valence-electron chi connectivity index (χ3n) is 2.50. The second-order valence-corrected chi connectivity index (χ2v) is 4.58. The van der Waals surface area contributed by atoms with Crippen molar-refractivity contribution in [3.8, 4) is 11.5 Å². The second-order valence-electron chi connectivity index (χ2n) is 3.79. The molecule has 0 aromatic heterocycles. The van der Waals surface area contributed by atoms with Crippen LogP contribution in [0.25, 0.3) is 0 Å². The van der Waals surface area contributed by atoms with Gasteiger partial charge in [0.25, 0.3) is 0 Å². The maximum Gasteiger partial charge on any atom is 0.337 e. The molecule has 0 atom stereocenters. The molecule has 0 unspecified atom stereocenters. The lowest BCUT2D eigenvalue weighted by Gasteiger charge is -2.08. The van der Waals surface area contributed by atoms with E-state index in [-0.39, 0.29) is 10.2 Å². The van der Waals surface area contributed by atoms with Crippen LogP contribution < -0.4 is 4.74 Å². The van der Waals surface area contributed by atoms with Crippen LogP contribution in [-0.2, 0) is 4.74 Å². The van der Waals surface area contributed by atoms with Gasteiger partial charge in [-0.15, -0.1) is 0 Å². The fraction of sp³-hybridized carbons (Fsp3) is 0.0714. The second kappa shape index (κ2) is 6.00. The van der Waals surface area contributed by atoms with Gasteiger partial charge >= 0.3 is 5.97 Å². The van der Waals surface area contributed by atoms with Crippen molar-refractivity contribution in [2.24, 2.45) is 0 Å². The highest BCUT2D eigenvalue weighted by molar-refractivity contribution is 9.10. The number of ether oxygens (including phenoxy) is 2. The molecule has 0 fully saturated rings. The Balaban J connectivity index is 2.23. The number of carbonyl (C=O) groups excluding carboxylic acids is 1. The fourth-order valence-corrected chi connectivity index (χ4v) is 1.82. The van der Waals surface area contributed by atoms with Gasteiger partial charge in [-0.2, -0.15) is 0 Å². The van der Waals surface area contributed by atoms with Crippen molar-refractivity contribution < 1.29 is 23.0 Å². The summed E-state index contributed by atoms with van der Waals surface area (Å²) in [6.07, 6.45) is 0. The van der Waals surface area contributed by atoms with Crippen LogP contribution in [0.5, 0.6) is 11.5 Å². The van der Waals surface area contributed by atoms with Crippen LogP contribution in [0.3, 0.4) is 0 Å². The molecule has 104 valence electrons. The van der Waals surface area contributed by atoms with Crippen LogP contribution in [0.1, 0.15) is 10.4 Å². The average Bonchev–Trinajstić information content (AvgIpc) is 2.48. The minimum Gasteiger partial charge on any atom is -0.465 e. The largest absolute Gasteiger partial charge is 0.465 e. The number of hydrogen-bond acceptors (Lipinski definition) is 3. The highest BCUT2D eigenvalue weighted by Gasteiger charge is 2.13. The lowest BCUT2D eigenvalue weighted by molar-refractivity contribution is 0.0600. The summed E-state index contributed by atoms with van der Waals surface area (Å²) in [6, 6.07) is 8.22. The van der Waals surface area contributed by atoms with E-state index in [1.807, 2.05) is 0 Å². The van der Waals surface area contributed by atoms with Crippen LogP contribution in [0.2, 0.25) is 0 Å². The third kappa shape index (κ3) is 2.96. The topological polar surface area (TPSA) is 35.5 Å². The average molecular weight is 343 g/mol. The van der Waals surface area contributed by atoms with E-state index in [4.69, 9.17) is 4.74 Å². The first-order chi connectivity index (χ1) is 9.52. The van der Waals surface area contributed by atoms with Crippen molar-refractivity contribution in [3.63, 3.8) is 0 Å². The Morgan fingerprint density at radius 2 is 1.75 bits per heavy atom. The van der Waals surface area contributed by atoms with Crippen molar-refractivity contribution in [1.82, 2.24) is 0 Å². The monoisotopic (exact) mass is 342 g/mol. The predicted octanol–water partition coefficient (Wildman–Crippen LogP) is 4.31. The van der Waals surface area contributed by atoms with Gasteiger partial charge in [0, 0.05) is 0 Å². The number of benzene rings is 2. The van der Waals surface area contributed by atoms with E-state index in [0.717, 1.165) is 6.07 Å². The van der Waals surface area contributed by atoms with E-state index in [1.165, 1.54) is 37.4 Å². The number of halogens is 3. The first-order valence-corrected chi connectivity index (χ1v) is 6.32. The summed E-state index contributed by atoms with van der Waals surface area (Å²) in [5, 5.41) is 0. The molecule has 0 aliphatic carbocycles. The Kier molecular flexibility index (Phi) is 4.34. The normalized spacial score (nSPS) is 10.2. The number of hydrogen-bond donors (Lipinski definition) is 0. The molecule has 0 N–H and O–H groups in total. The van der Waals surface area contributed by atoms with Crippen LogP contribution in [0.4, 0.5) is 8.78 Å². The Labute approximate surface area is 122 Å².